The Hall–Kier alpha value is -1.56. The zero-order chi connectivity index (χ0) is 19.7. The second kappa shape index (κ2) is 10.7. The van der Waals surface area contributed by atoms with Gasteiger partial charge in [0.25, 0.3) is 0 Å². The molecule has 8 heteroatoms. The summed E-state index contributed by atoms with van der Waals surface area (Å²) in [6.45, 7) is 0.0914. The Balaban J connectivity index is 2.04. The van der Waals surface area contributed by atoms with E-state index < -0.39 is 9.84 Å². The van der Waals surface area contributed by atoms with Gasteiger partial charge in [0, 0.05) is 23.2 Å². The van der Waals surface area contributed by atoms with Crippen LogP contribution in [0, 0.1) is 23.2 Å². The topological polar surface area (TPSA) is 107 Å². The van der Waals surface area contributed by atoms with Gasteiger partial charge in [0.1, 0.15) is 6.54 Å². The van der Waals surface area contributed by atoms with Gasteiger partial charge in [-0.05, 0) is 49.4 Å². The summed E-state index contributed by atoms with van der Waals surface area (Å²) in [5, 5.41) is 20.0. The molecule has 0 bridgehead atoms. The minimum atomic E-state index is -3.48. The van der Waals surface area contributed by atoms with E-state index in [-0.39, 0.29) is 41.5 Å². The Bertz CT molecular complexity index is 757. The largest absolute Gasteiger partial charge is 0.396 e. The number of thioether (sulfide) groups is 1. The van der Waals surface area contributed by atoms with Crippen molar-refractivity contribution in [2.75, 3.05) is 24.7 Å². The zero-order valence-corrected chi connectivity index (χ0v) is 16.9. The maximum absolute atomic E-state index is 12.8. The van der Waals surface area contributed by atoms with Crippen molar-refractivity contribution in [1.82, 2.24) is 5.32 Å². The molecule has 2 unspecified atom stereocenters. The van der Waals surface area contributed by atoms with E-state index >= 15 is 0 Å². The lowest BCUT2D eigenvalue weighted by Gasteiger charge is -2.30. The smallest absolute Gasteiger partial charge is 0.224 e. The van der Waals surface area contributed by atoms with Crippen molar-refractivity contribution in [2.24, 2.45) is 11.8 Å². The fourth-order valence-electron chi connectivity index (χ4n) is 3.39. The van der Waals surface area contributed by atoms with Gasteiger partial charge in [0.2, 0.25) is 5.91 Å². The molecule has 0 aromatic heterocycles. The van der Waals surface area contributed by atoms with E-state index in [0.717, 1.165) is 23.5 Å². The van der Waals surface area contributed by atoms with Crippen molar-refractivity contribution in [3.8, 4) is 6.07 Å². The molecule has 6 nitrogen and oxygen atoms in total. The number of nitrogens with zero attached hydrogens (tertiary/aromatic N) is 1. The van der Waals surface area contributed by atoms with Gasteiger partial charge in [0.15, 0.2) is 9.84 Å². The van der Waals surface area contributed by atoms with Crippen LogP contribution in [0.2, 0.25) is 0 Å². The first kappa shape index (κ1) is 21.7. The average Bonchev–Trinajstić information content (AvgIpc) is 2.67. The van der Waals surface area contributed by atoms with Crippen molar-refractivity contribution >= 4 is 27.5 Å². The monoisotopic (exact) mass is 410 g/mol. The van der Waals surface area contributed by atoms with Crippen LogP contribution >= 0.6 is 11.8 Å². The van der Waals surface area contributed by atoms with Crippen LogP contribution in [0.4, 0.5) is 0 Å². The molecule has 1 aliphatic carbocycles. The molecule has 0 aliphatic heterocycles. The van der Waals surface area contributed by atoms with Crippen molar-refractivity contribution in [2.45, 2.75) is 41.9 Å². The van der Waals surface area contributed by atoms with E-state index in [9.17, 15) is 13.2 Å². The van der Waals surface area contributed by atoms with Crippen molar-refractivity contribution < 1.29 is 18.3 Å². The van der Waals surface area contributed by atoms with Gasteiger partial charge in [-0.15, -0.1) is 11.8 Å². The van der Waals surface area contributed by atoms with Crippen LogP contribution in [-0.4, -0.2) is 44.1 Å². The predicted octanol–water partition coefficient (Wildman–Crippen LogP) is 2.38. The molecule has 1 aliphatic rings. The second-order valence-electron chi connectivity index (χ2n) is 6.71. The number of aliphatic hydroxyl groups is 1. The summed E-state index contributed by atoms with van der Waals surface area (Å²) in [4.78, 5) is 13.5. The lowest BCUT2D eigenvalue weighted by Crippen LogP contribution is -2.39. The Morgan fingerprint density at radius 3 is 2.63 bits per heavy atom. The van der Waals surface area contributed by atoms with Crippen LogP contribution < -0.4 is 5.32 Å². The van der Waals surface area contributed by atoms with Gasteiger partial charge >= 0.3 is 0 Å². The molecule has 2 atom stereocenters. The third kappa shape index (κ3) is 6.52. The highest BCUT2D eigenvalue weighted by Gasteiger charge is 2.34. The molecule has 0 radical (unpaired) electrons. The van der Waals surface area contributed by atoms with Crippen LogP contribution in [0.5, 0.6) is 0 Å². The van der Waals surface area contributed by atoms with E-state index in [1.54, 1.807) is 36.0 Å². The molecule has 0 saturated heterocycles. The molecule has 1 amide bonds. The minimum Gasteiger partial charge on any atom is -0.396 e. The number of hydrogen-bond acceptors (Lipinski definition) is 6. The molecule has 1 saturated carbocycles. The summed E-state index contributed by atoms with van der Waals surface area (Å²) in [6.07, 6.45) is 3.89. The van der Waals surface area contributed by atoms with E-state index in [0.29, 0.717) is 19.3 Å². The number of rotatable bonds is 9. The molecule has 148 valence electrons. The summed E-state index contributed by atoms with van der Waals surface area (Å²) in [5.74, 6) is -0.0537. The number of carbonyl (C=O) groups is 1. The zero-order valence-electron chi connectivity index (χ0n) is 15.3. The molecule has 0 heterocycles. The van der Waals surface area contributed by atoms with Gasteiger partial charge in [-0.3, -0.25) is 4.79 Å². The van der Waals surface area contributed by atoms with E-state index in [4.69, 9.17) is 10.4 Å². The molecule has 1 aromatic carbocycles. The van der Waals surface area contributed by atoms with Crippen LogP contribution in [0.3, 0.4) is 0 Å². The molecule has 1 fully saturated rings. The molecule has 0 spiro atoms. The van der Waals surface area contributed by atoms with Crippen LogP contribution in [-0.2, 0) is 14.6 Å². The Kier molecular flexibility index (Phi) is 8.61. The van der Waals surface area contributed by atoms with Crippen LogP contribution in [0.25, 0.3) is 0 Å². The molecular formula is C19H26N2O4S2. The Labute approximate surface area is 165 Å². The number of sulfone groups is 1. The normalized spacial score (nSPS) is 20.0. The van der Waals surface area contributed by atoms with Crippen molar-refractivity contribution in [3.63, 3.8) is 0 Å². The summed E-state index contributed by atoms with van der Waals surface area (Å²) in [7, 11) is -3.48. The number of nitriles is 1. The molecule has 27 heavy (non-hydrogen) atoms. The van der Waals surface area contributed by atoms with Crippen LogP contribution in [0.15, 0.2) is 34.1 Å². The number of aliphatic hydroxyl groups excluding tert-OH is 1. The molecule has 2 rings (SSSR count). The summed E-state index contributed by atoms with van der Waals surface area (Å²) in [5.41, 5.74) is 0. The molecule has 2 N–H and O–H groups in total. The minimum absolute atomic E-state index is 0.0470. The third-order valence-electron chi connectivity index (χ3n) is 4.78. The van der Waals surface area contributed by atoms with E-state index in [2.05, 4.69) is 5.32 Å². The Morgan fingerprint density at radius 1 is 1.26 bits per heavy atom. The maximum Gasteiger partial charge on any atom is 0.224 e. The van der Waals surface area contributed by atoms with E-state index in [1.807, 2.05) is 6.07 Å². The summed E-state index contributed by atoms with van der Waals surface area (Å²) < 4.78 is 25.7. The Morgan fingerprint density at radius 2 is 1.96 bits per heavy atom. The molecule has 1 aromatic rings. The third-order valence-corrected chi connectivity index (χ3v) is 7.73. The SMILES string of the molecule is N#CCNC(=O)C1CCCCC1CS(=O)(=O)c1ccc(SCCCO)cc1. The summed E-state index contributed by atoms with van der Waals surface area (Å²) >= 11 is 1.58. The van der Waals surface area contributed by atoms with Gasteiger partial charge in [-0.2, -0.15) is 5.26 Å². The van der Waals surface area contributed by atoms with Crippen molar-refractivity contribution in [1.29, 1.82) is 5.26 Å². The first-order valence-electron chi connectivity index (χ1n) is 9.19. The fraction of sp³-hybridized carbons (Fsp3) is 0.579. The fourth-order valence-corrected chi connectivity index (χ4v) is 5.93. The number of carbonyl (C=O) groups excluding carboxylic acids is 1. The lowest BCUT2D eigenvalue weighted by molar-refractivity contribution is -0.127. The highest BCUT2D eigenvalue weighted by Crippen LogP contribution is 2.33. The maximum atomic E-state index is 12.8. The average molecular weight is 411 g/mol. The standard InChI is InChI=1S/C19H26N2O4S2/c20-10-11-21-19(23)18-5-2-1-4-15(18)14-27(24,25)17-8-6-16(7-9-17)26-13-3-12-22/h6-9,15,18,22H,1-5,11-14H2,(H,21,23). The number of nitrogens with one attached hydrogen (secondary N) is 1. The highest BCUT2D eigenvalue weighted by atomic mass is 32.2. The van der Waals surface area contributed by atoms with E-state index in [1.165, 1.54) is 0 Å². The lowest BCUT2D eigenvalue weighted by atomic mass is 9.80. The number of hydrogen-bond donors (Lipinski definition) is 2. The number of benzene rings is 1. The van der Waals surface area contributed by atoms with Gasteiger partial charge in [-0.1, -0.05) is 12.8 Å². The number of amides is 1. The highest BCUT2D eigenvalue weighted by molar-refractivity contribution is 7.99. The predicted molar refractivity (Wildman–Crippen MR) is 105 cm³/mol. The first-order valence-corrected chi connectivity index (χ1v) is 11.8. The van der Waals surface area contributed by atoms with Crippen molar-refractivity contribution in [3.05, 3.63) is 24.3 Å². The summed E-state index contributed by atoms with van der Waals surface area (Å²) in [6, 6.07) is 8.68. The van der Waals surface area contributed by atoms with Gasteiger partial charge < -0.3 is 10.4 Å². The quantitative estimate of drug-likeness (QED) is 0.368. The second-order valence-corrected chi connectivity index (χ2v) is 9.91. The van der Waals surface area contributed by atoms with Crippen LogP contribution in [0.1, 0.15) is 32.1 Å². The van der Waals surface area contributed by atoms with Gasteiger partial charge in [0.05, 0.1) is 16.7 Å². The molecular weight excluding hydrogens is 384 g/mol. The van der Waals surface area contributed by atoms with Gasteiger partial charge in [-0.25, -0.2) is 8.42 Å². The first-order chi connectivity index (χ1) is 13.0.